The number of rotatable bonds is 6. The highest BCUT2D eigenvalue weighted by atomic mass is 19.4. The Morgan fingerprint density at radius 2 is 1.37 bits per heavy atom. The molecule has 27 heavy (non-hydrogen) atoms. The van der Waals surface area contributed by atoms with Gasteiger partial charge < -0.3 is 4.74 Å². The zero-order chi connectivity index (χ0) is 19.1. The summed E-state index contributed by atoms with van der Waals surface area (Å²) < 4.78 is 44.0. The van der Waals surface area contributed by atoms with Crippen molar-refractivity contribution in [1.82, 2.24) is 0 Å². The van der Waals surface area contributed by atoms with E-state index in [1.807, 2.05) is 72.8 Å². The van der Waals surface area contributed by atoms with Gasteiger partial charge in [-0.3, -0.25) is 0 Å². The van der Waals surface area contributed by atoms with Crippen molar-refractivity contribution in [1.29, 1.82) is 0 Å². The third-order valence-electron chi connectivity index (χ3n) is 4.10. The number of benzene rings is 3. The Labute approximate surface area is 156 Å². The molecule has 138 valence electrons. The standard InChI is InChI=1S/C23H19F3O/c24-23(25,26)21-14-11-19(12-15-21)17-27-22(20-9-5-2-6-10-20)16-13-18-7-3-1-4-8-18/h1-16,22H,17H2/b16-13+/t22-/m1/s1. The Morgan fingerprint density at radius 1 is 0.778 bits per heavy atom. The van der Waals surface area contributed by atoms with Crippen LogP contribution < -0.4 is 0 Å². The zero-order valence-corrected chi connectivity index (χ0v) is 14.6. The summed E-state index contributed by atoms with van der Waals surface area (Å²) >= 11 is 0. The van der Waals surface area contributed by atoms with Gasteiger partial charge in [-0.05, 0) is 28.8 Å². The minimum atomic E-state index is -4.33. The SMILES string of the molecule is FC(F)(F)c1ccc(CO[C@H](/C=C/c2ccccc2)c2ccccc2)cc1. The van der Waals surface area contributed by atoms with Gasteiger partial charge in [-0.25, -0.2) is 0 Å². The minimum absolute atomic E-state index is 0.219. The van der Waals surface area contributed by atoms with E-state index < -0.39 is 11.7 Å². The number of alkyl halides is 3. The first-order valence-corrected chi connectivity index (χ1v) is 8.58. The molecule has 0 unspecified atom stereocenters. The largest absolute Gasteiger partial charge is 0.416 e. The molecule has 0 saturated heterocycles. The van der Waals surface area contributed by atoms with Gasteiger partial charge >= 0.3 is 6.18 Å². The molecule has 0 aliphatic rings. The molecule has 0 amide bonds. The molecule has 4 heteroatoms. The fourth-order valence-electron chi connectivity index (χ4n) is 2.64. The van der Waals surface area contributed by atoms with E-state index in [1.165, 1.54) is 12.1 Å². The predicted molar refractivity (Wildman–Crippen MR) is 101 cm³/mol. The van der Waals surface area contributed by atoms with Crippen LogP contribution in [0.4, 0.5) is 13.2 Å². The van der Waals surface area contributed by atoms with Gasteiger partial charge in [0.05, 0.1) is 12.2 Å². The van der Waals surface area contributed by atoms with E-state index in [1.54, 1.807) is 0 Å². The molecular formula is C23H19F3O. The second kappa shape index (κ2) is 8.69. The molecule has 0 saturated carbocycles. The molecule has 0 bridgehead atoms. The van der Waals surface area contributed by atoms with Gasteiger partial charge in [-0.2, -0.15) is 13.2 Å². The summed E-state index contributed by atoms with van der Waals surface area (Å²) in [6.45, 7) is 0.219. The molecule has 0 aliphatic heterocycles. The Bertz CT molecular complexity index is 854. The smallest absolute Gasteiger partial charge is 0.365 e. The molecule has 3 aromatic rings. The van der Waals surface area contributed by atoms with Crippen LogP contribution in [0.1, 0.15) is 28.4 Å². The van der Waals surface area contributed by atoms with Gasteiger partial charge in [0.25, 0.3) is 0 Å². The van der Waals surface area contributed by atoms with Crippen molar-refractivity contribution < 1.29 is 17.9 Å². The van der Waals surface area contributed by atoms with Crippen molar-refractivity contribution in [2.75, 3.05) is 0 Å². The van der Waals surface area contributed by atoms with Crippen LogP contribution in [0.25, 0.3) is 6.08 Å². The molecule has 1 nitrogen and oxygen atoms in total. The quantitative estimate of drug-likeness (QED) is 0.472. The second-order valence-corrected chi connectivity index (χ2v) is 6.11. The van der Waals surface area contributed by atoms with Gasteiger partial charge in [-0.15, -0.1) is 0 Å². The van der Waals surface area contributed by atoms with Crippen LogP contribution in [0.15, 0.2) is 91.0 Å². The number of hydrogen-bond donors (Lipinski definition) is 0. The van der Waals surface area contributed by atoms with Crippen LogP contribution >= 0.6 is 0 Å². The maximum absolute atomic E-state index is 12.7. The van der Waals surface area contributed by atoms with Gasteiger partial charge in [-0.1, -0.05) is 84.9 Å². The average molecular weight is 368 g/mol. The van der Waals surface area contributed by atoms with Crippen LogP contribution in [0, 0.1) is 0 Å². The molecule has 0 aliphatic carbocycles. The summed E-state index contributed by atoms with van der Waals surface area (Å²) in [7, 11) is 0. The highest BCUT2D eigenvalue weighted by Crippen LogP contribution is 2.29. The topological polar surface area (TPSA) is 9.23 Å². The van der Waals surface area contributed by atoms with Crippen LogP contribution in [-0.4, -0.2) is 0 Å². The van der Waals surface area contributed by atoms with Crippen LogP contribution in [0.3, 0.4) is 0 Å². The lowest BCUT2D eigenvalue weighted by atomic mass is 10.1. The first kappa shape index (κ1) is 18.9. The zero-order valence-electron chi connectivity index (χ0n) is 14.6. The molecule has 3 rings (SSSR count). The molecule has 0 aromatic heterocycles. The van der Waals surface area contributed by atoms with E-state index in [0.29, 0.717) is 5.56 Å². The minimum Gasteiger partial charge on any atom is -0.365 e. The van der Waals surface area contributed by atoms with E-state index in [9.17, 15) is 13.2 Å². The Kier molecular flexibility index (Phi) is 6.09. The van der Waals surface area contributed by atoms with Crippen molar-refractivity contribution in [3.05, 3.63) is 113 Å². The molecule has 0 spiro atoms. The van der Waals surface area contributed by atoms with Crippen molar-refractivity contribution in [3.63, 3.8) is 0 Å². The van der Waals surface area contributed by atoms with Gasteiger partial charge in [0, 0.05) is 0 Å². The maximum Gasteiger partial charge on any atom is 0.416 e. The highest BCUT2D eigenvalue weighted by molar-refractivity contribution is 5.50. The molecule has 3 aromatic carbocycles. The predicted octanol–water partition coefficient (Wildman–Crippen LogP) is 6.68. The van der Waals surface area contributed by atoms with E-state index in [0.717, 1.165) is 23.3 Å². The van der Waals surface area contributed by atoms with Crippen molar-refractivity contribution in [2.45, 2.75) is 18.9 Å². The Hall–Kier alpha value is -2.85. The fourth-order valence-corrected chi connectivity index (χ4v) is 2.64. The number of halogens is 3. The van der Waals surface area contributed by atoms with Crippen molar-refractivity contribution in [2.24, 2.45) is 0 Å². The van der Waals surface area contributed by atoms with E-state index >= 15 is 0 Å². The third-order valence-corrected chi connectivity index (χ3v) is 4.10. The molecule has 0 fully saturated rings. The van der Waals surface area contributed by atoms with Crippen LogP contribution in [0.5, 0.6) is 0 Å². The summed E-state index contributed by atoms with van der Waals surface area (Å²) in [5.41, 5.74) is 2.07. The van der Waals surface area contributed by atoms with E-state index in [2.05, 4.69) is 0 Å². The molecule has 0 radical (unpaired) electrons. The average Bonchev–Trinajstić information content (AvgIpc) is 2.69. The summed E-state index contributed by atoms with van der Waals surface area (Å²) in [5, 5.41) is 0. The number of ether oxygens (including phenoxy) is 1. The lowest BCUT2D eigenvalue weighted by Gasteiger charge is -2.15. The fraction of sp³-hybridized carbons (Fsp3) is 0.130. The van der Waals surface area contributed by atoms with Crippen molar-refractivity contribution in [3.8, 4) is 0 Å². The van der Waals surface area contributed by atoms with Gasteiger partial charge in [0.15, 0.2) is 0 Å². The first-order chi connectivity index (χ1) is 13.0. The Balaban J connectivity index is 1.73. The molecule has 0 N–H and O–H groups in total. The number of hydrogen-bond acceptors (Lipinski definition) is 1. The summed E-state index contributed by atoms with van der Waals surface area (Å²) in [5.74, 6) is 0. The normalized spacial score (nSPS) is 13.0. The van der Waals surface area contributed by atoms with Crippen LogP contribution in [-0.2, 0) is 17.5 Å². The monoisotopic (exact) mass is 368 g/mol. The summed E-state index contributed by atoms with van der Waals surface area (Å²) in [6, 6.07) is 24.6. The summed E-state index contributed by atoms with van der Waals surface area (Å²) in [6.07, 6.45) is -0.697. The van der Waals surface area contributed by atoms with E-state index in [4.69, 9.17) is 4.74 Å². The maximum atomic E-state index is 12.7. The first-order valence-electron chi connectivity index (χ1n) is 8.58. The highest BCUT2D eigenvalue weighted by Gasteiger charge is 2.29. The second-order valence-electron chi connectivity index (χ2n) is 6.11. The summed E-state index contributed by atoms with van der Waals surface area (Å²) in [4.78, 5) is 0. The lowest BCUT2D eigenvalue weighted by molar-refractivity contribution is -0.137. The Morgan fingerprint density at radius 3 is 1.96 bits per heavy atom. The van der Waals surface area contributed by atoms with Gasteiger partial charge in [0.2, 0.25) is 0 Å². The van der Waals surface area contributed by atoms with Crippen LogP contribution in [0.2, 0.25) is 0 Å². The molecule has 1 atom stereocenters. The lowest BCUT2D eigenvalue weighted by Crippen LogP contribution is -2.05. The molecule has 0 heterocycles. The third kappa shape index (κ3) is 5.56. The van der Waals surface area contributed by atoms with E-state index in [-0.39, 0.29) is 12.7 Å². The molecular weight excluding hydrogens is 349 g/mol. The van der Waals surface area contributed by atoms with Crippen molar-refractivity contribution >= 4 is 6.08 Å². The van der Waals surface area contributed by atoms with Gasteiger partial charge in [0.1, 0.15) is 6.10 Å².